The average molecular weight is 1480 g/mol. The predicted octanol–water partition coefficient (Wildman–Crippen LogP) is 24.8. The molecule has 0 aromatic carbocycles. The molecule has 0 aliphatic rings. The number of aliphatic hydroxyl groups excluding tert-OH is 1. The number of phosphoric ester groups is 2. The fourth-order valence-electron chi connectivity index (χ4n) is 12.8. The number of carbonyl (C=O) groups excluding carboxylic acids is 4. The number of rotatable bonds is 82. The second-order valence-electron chi connectivity index (χ2n) is 30.0. The zero-order chi connectivity index (χ0) is 74.1. The first-order valence-electron chi connectivity index (χ1n) is 42.6. The van der Waals surface area contributed by atoms with E-state index in [1.807, 2.05) is 0 Å². The molecule has 0 bridgehead atoms. The van der Waals surface area contributed by atoms with Crippen molar-refractivity contribution in [3.8, 4) is 0 Å². The van der Waals surface area contributed by atoms with Crippen LogP contribution in [0.3, 0.4) is 0 Å². The summed E-state index contributed by atoms with van der Waals surface area (Å²) in [7, 11) is -9.92. The van der Waals surface area contributed by atoms with Crippen molar-refractivity contribution in [3.05, 3.63) is 0 Å². The van der Waals surface area contributed by atoms with Gasteiger partial charge in [0.25, 0.3) is 0 Å². The summed E-state index contributed by atoms with van der Waals surface area (Å²) in [4.78, 5) is 73.0. The minimum atomic E-state index is -4.96. The van der Waals surface area contributed by atoms with E-state index in [9.17, 15) is 43.2 Å². The van der Waals surface area contributed by atoms with Crippen molar-refractivity contribution >= 4 is 39.5 Å². The number of carbonyl (C=O) groups is 4. The molecule has 0 aromatic heterocycles. The first-order valence-corrected chi connectivity index (χ1v) is 45.6. The molecule has 3 N–H and O–H groups in total. The van der Waals surface area contributed by atoms with Crippen molar-refractivity contribution in [2.75, 3.05) is 39.6 Å². The zero-order valence-electron chi connectivity index (χ0n) is 66.1. The summed E-state index contributed by atoms with van der Waals surface area (Å²) >= 11 is 0. The molecule has 0 heterocycles. The number of hydrogen-bond acceptors (Lipinski definition) is 15. The van der Waals surface area contributed by atoms with Crippen molar-refractivity contribution in [1.29, 1.82) is 0 Å². The number of phosphoric acid groups is 2. The van der Waals surface area contributed by atoms with Crippen LogP contribution < -0.4 is 0 Å². The first-order chi connectivity index (χ1) is 49.0. The Labute approximate surface area is 619 Å². The van der Waals surface area contributed by atoms with Gasteiger partial charge in [-0.25, -0.2) is 9.13 Å². The number of hydrogen-bond donors (Lipinski definition) is 3. The highest BCUT2D eigenvalue weighted by atomic mass is 31.2. The predicted molar refractivity (Wildman–Crippen MR) is 414 cm³/mol. The monoisotopic (exact) mass is 1480 g/mol. The Balaban J connectivity index is 5.18. The van der Waals surface area contributed by atoms with Crippen LogP contribution in [0, 0.1) is 5.92 Å². The molecule has 0 fully saturated rings. The van der Waals surface area contributed by atoms with Gasteiger partial charge < -0.3 is 33.8 Å². The molecule has 0 saturated carbocycles. The van der Waals surface area contributed by atoms with Crippen molar-refractivity contribution in [1.82, 2.24) is 0 Å². The van der Waals surface area contributed by atoms with E-state index in [0.717, 1.165) is 95.8 Å². The van der Waals surface area contributed by atoms with Crippen molar-refractivity contribution in [2.24, 2.45) is 5.92 Å². The van der Waals surface area contributed by atoms with Gasteiger partial charge in [0.1, 0.15) is 19.3 Å². The lowest BCUT2D eigenvalue weighted by atomic mass is 10.0. The van der Waals surface area contributed by atoms with E-state index in [4.69, 9.17) is 37.0 Å². The minimum absolute atomic E-state index is 0.106. The number of aliphatic hydroxyl groups is 1. The van der Waals surface area contributed by atoms with Gasteiger partial charge in [0.15, 0.2) is 12.2 Å². The molecule has 101 heavy (non-hydrogen) atoms. The second-order valence-corrected chi connectivity index (χ2v) is 32.9. The van der Waals surface area contributed by atoms with E-state index in [-0.39, 0.29) is 25.7 Å². The van der Waals surface area contributed by atoms with Crippen LogP contribution in [0.15, 0.2) is 0 Å². The zero-order valence-corrected chi connectivity index (χ0v) is 67.8. The second kappa shape index (κ2) is 74.9. The van der Waals surface area contributed by atoms with Crippen LogP contribution in [0.4, 0.5) is 0 Å². The Hall–Kier alpha value is -1.94. The summed E-state index contributed by atoms with van der Waals surface area (Å²) in [6.45, 7) is 7.29. The molecule has 0 aromatic rings. The normalized spacial score (nSPS) is 13.8. The fraction of sp³-hybridized carbons (Fsp3) is 0.951. The molecule has 0 aliphatic heterocycles. The average Bonchev–Trinajstić information content (AvgIpc) is 1.72. The van der Waals surface area contributed by atoms with Gasteiger partial charge in [-0.1, -0.05) is 388 Å². The highest BCUT2D eigenvalue weighted by molar-refractivity contribution is 7.47. The molecule has 0 spiro atoms. The Kier molecular flexibility index (Phi) is 73.5. The molecule has 19 heteroatoms. The third-order valence-corrected chi connectivity index (χ3v) is 21.2. The van der Waals surface area contributed by atoms with Gasteiger partial charge in [-0.05, 0) is 31.6 Å². The van der Waals surface area contributed by atoms with Crippen LogP contribution in [0.5, 0.6) is 0 Å². The van der Waals surface area contributed by atoms with Crippen molar-refractivity contribution in [3.63, 3.8) is 0 Å². The van der Waals surface area contributed by atoms with E-state index in [2.05, 4.69) is 34.6 Å². The lowest BCUT2D eigenvalue weighted by molar-refractivity contribution is -0.161. The van der Waals surface area contributed by atoms with Gasteiger partial charge in [-0.3, -0.25) is 37.3 Å². The van der Waals surface area contributed by atoms with E-state index in [1.54, 1.807) is 0 Å². The van der Waals surface area contributed by atoms with Gasteiger partial charge in [-0.2, -0.15) is 0 Å². The molecule has 0 radical (unpaired) electrons. The van der Waals surface area contributed by atoms with E-state index in [0.29, 0.717) is 25.7 Å². The van der Waals surface area contributed by atoms with Gasteiger partial charge in [0.05, 0.1) is 26.4 Å². The molecule has 0 amide bonds. The van der Waals surface area contributed by atoms with Gasteiger partial charge in [0.2, 0.25) is 0 Å². The van der Waals surface area contributed by atoms with Crippen LogP contribution in [0.2, 0.25) is 0 Å². The highest BCUT2D eigenvalue weighted by Crippen LogP contribution is 2.45. The summed E-state index contributed by atoms with van der Waals surface area (Å²) in [6.07, 6.45) is 66.8. The summed E-state index contributed by atoms with van der Waals surface area (Å²) in [5.74, 6) is -1.37. The Morgan fingerprint density at radius 3 is 0.673 bits per heavy atom. The highest BCUT2D eigenvalue weighted by Gasteiger charge is 2.30. The van der Waals surface area contributed by atoms with E-state index in [1.165, 1.54) is 263 Å². The molecule has 0 saturated heterocycles. The lowest BCUT2D eigenvalue weighted by Crippen LogP contribution is -2.30. The maximum Gasteiger partial charge on any atom is 0.472 e. The van der Waals surface area contributed by atoms with Gasteiger partial charge in [-0.15, -0.1) is 0 Å². The van der Waals surface area contributed by atoms with Crippen LogP contribution in [-0.4, -0.2) is 96.7 Å². The largest absolute Gasteiger partial charge is 0.472 e. The molecule has 2 unspecified atom stereocenters. The smallest absolute Gasteiger partial charge is 0.462 e. The molecule has 0 aliphatic carbocycles. The topological polar surface area (TPSA) is 237 Å². The minimum Gasteiger partial charge on any atom is -0.462 e. The van der Waals surface area contributed by atoms with E-state index >= 15 is 0 Å². The van der Waals surface area contributed by atoms with Gasteiger partial charge >= 0.3 is 39.5 Å². The molecular weight excluding hydrogens is 1320 g/mol. The Morgan fingerprint density at radius 1 is 0.267 bits per heavy atom. The maximum atomic E-state index is 13.1. The number of unbranched alkanes of at least 4 members (excludes halogenated alkanes) is 54. The molecule has 5 atom stereocenters. The van der Waals surface area contributed by atoms with E-state index < -0.39 is 97.5 Å². The number of esters is 4. The summed E-state index contributed by atoms with van der Waals surface area (Å²) in [6, 6.07) is 0. The molecule has 17 nitrogen and oxygen atoms in total. The van der Waals surface area contributed by atoms with Gasteiger partial charge in [0, 0.05) is 25.7 Å². The quantitative estimate of drug-likeness (QED) is 0.0222. The summed E-state index contributed by atoms with van der Waals surface area (Å²) in [5.41, 5.74) is 0. The first kappa shape index (κ1) is 99.1. The number of ether oxygens (including phenoxy) is 4. The standard InChI is InChI=1S/C82H160O17P2/c1-6-9-12-15-18-21-23-25-27-29-31-32-33-34-36-38-40-42-47-52-57-62-67-81(86)98-78(72-93-80(85)66-61-56-51-46-41-39-37-35-30-28-26-24-22-19-16-13-10-7-2)74-97-101(90,91)95-70-76(83)69-94-100(88,89)96-73-77(71-92-79(84)65-60-55-50-44-20-17-14-11-8-3)99-82(87)68-63-58-53-48-43-45-49-54-59-64-75(4)5/h75-78,83H,6-74H2,1-5H3,(H,88,89)(H,90,91)/t76-,77+,78+/m0/s1. The molecular formula is C82H160O17P2. The molecule has 600 valence electrons. The van der Waals surface area contributed by atoms with Crippen LogP contribution >= 0.6 is 15.6 Å². The van der Waals surface area contributed by atoms with Crippen molar-refractivity contribution in [2.45, 2.75) is 457 Å². The third kappa shape index (κ3) is 76.1. The van der Waals surface area contributed by atoms with Crippen LogP contribution in [0.25, 0.3) is 0 Å². The SMILES string of the molecule is CCCCCCCCCCCCCCCCCCCCCCCCC(=O)O[C@H](COC(=O)CCCCCCCCCCCCCCCCCCCC)COP(=O)(O)OC[C@@H](O)COP(=O)(O)OC[C@@H](COC(=O)CCCCCCCCCCC)OC(=O)CCCCCCCCCCCC(C)C. The fourth-order valence-corrected chi connectivity index (χ4v) is 14.3. The summed E-state index contributed by atoms with van der Waals surface area (Å²) in [5, 5.41) is 10.6. The van der Waals surface area contributed by atoms with Crippen molar-refractivity contribution < 1.29 is 80.2 Å². The maximum absolute atomic E-state index is 13.1. The lowest BCUT2D eigenvalue weighted by Gasteiger charge is -2.21. The van der Waals surface area contributed by atoms with Crippen LogP contribution in [-0.2, 0) is 65.4 Å². The Morgan fingerprint density at radius 2 is 0.455 bits per heavy atom. The summed E-state index contributed by atoms with van der Waals surface area (Å²) < 4.78 is 68.7. The van der Waals surface area contributed by atoms with Crippen LogP contribution in [0.1, 0.15) is 439 Å². The molecule has 0 rings (SSSR count). The third-order valence-electron chi connectivity index (χ3n) is 19.3. The Bertz CT molecular complexity index is 1930.